The second-order valence-electron chi connectivity index (χ2n) is 6.66. The first-order chi connectivity index (χ1) is 9.16. The van der Waals surface area contributed by atoms with Gasteiger partial charge in [-0.2, -0.15) is 0 Å². The van der Waals surface area contributed by atoms with Crippen molar-refractivity contribution in [2.24, 2.45) is 0 Å². The highest BCUT2D eigenvalue weighted by Gasteiger charge is 2.54. The Morgan fingerprint density at radius 2 is 2.11 bits per heavy atom. The van der Waals surface area contributed by atoms with Crippen LogP contribution in [-0.2, 0) is 4.79 Å². The summed E-state index contributed by atoms with van der Waals surface area (Å²) in [5, 5.41) is 3.72. The molecule has 2 unspecified atom stereocenters. The fourth-order valence-corrected chi connectivity index (χ4v) is 4.22. The number of carbonyl (C=O) groups excluding carboxylic acids is 1. The van der Waals surface area contributed by atoms with Crippen LogP contribution in [0.4, 0.5) is 0 Å². The Labute approximate surface area is 116 Å². The number of hydrogen-bond acceptors (Lipinski definition) is 3. The van der Waals surface area contributed by atoms with Crippen LogP contribution < -0.4 is 5.32 Å². The Kier molecular flexibility index (Phi) is 3.56. The second kappa shape index (κ2) is 5.06. The Hall–Kier alpha value is -0.610. The van der Waals surface area contributed by atoms with Gasteiger partial charge in [0.1, 0.15) is 0 Å². The molecule has 3 rings (SSSR count). The molecule has 4 nitrogen and oxygen atoms in total. The highest BCUT2D eigenvalue weighted by atomic mass is 16.2. The van der Waals surface area contributed by atoms with Gasteiger partial charge in [0.15, 0.2) is 0 Å². The molecule has 1 spiro atoms. The lowest BCUT2D eigenvalue weighted by atomic mass is 9.97. The van der Waals surface area contributed by atoms with Gasteiger partial charge in [-0.1, -0.05) is 26.2 Å². The number of likely N-dealkylation sites (tertiary alicyclic amines) is 1. The summed E-state index contributed by atoms with van der Waals surface area (Å²) >= 11 is 0. The van der Waals surface area contributed by atoms with Gasteiger partial charge in [0.25, 0.3) is 0 Å². The van der Waals surface area contributed by atoms with Crippen molar-refractivity contribution in [1.82, 2.24) is 15.1 Å². The van der Waals surface area contributed by atoms with Crippen molar-refractivity contribution in [2.45, 2.75) is 69.6 Å². The van der Waals surface area contributed by atoms with Gasteiger partial charge in [0.05, 0.1) is 11.7 Å². The van der Waals surface area contributed by atoms with E-state index in [1.807, 2.05) is 0 Å². The molecule has 1 amide bonds. The van der Waals surface area contributed by atoms with E-state index in [1.54, 1.807) is 0 Å². The minimum Gasteiger partial charge on any atom is -0.321 e. The molecule has 0 bridgehead atoms. The van der Waals surface area contributed by atoms with E-state index in [0.717, 1.165) is 45.2 Å². The fourth-order valence-electron chi connectivity index (χ4n) is 4.22. The van der Waals surface area contributed by atoms with Gasteiger partial charge < -0.3 is 9.80 Å². The molecule has 4 heteroatoms. The summed E-state index contributed by atoms with van der Waals surface area (Å²) < 4.78 is 0. The molecule has 19 heavy (non-hydrogen) atoms. The Bertz CT molecular complexity index is 351. The van der Waals surface area contributed by atoms with Gasteiger partial charge in [0.2, 0.25) is 5.91 Å². The second-order valence-corrected chi connectivity index (χ2v) is 6.66. The highest BCUT2D eigenvalue weighted by Crippen LogP contribution is 2.39. The monoisotopic (exact) mass is 265 g/mol. The minimum atomic E-state index is -0.193. The quantitative estimate of drug-likeness (QED) is 0.841. The van der Waals surface area contributed by atoms with Crippen molar-refractivity contribution >= 4 is 5.91 Å². The summed E-state index contributed by atoms with van der Waals surface area (Å²) in [5.41, 5.74) is -0.193. The molecule has 3 aliphatic rings. The fraction of sp³-hybridized carbons (Fsp3) is 0.933. The zero-order valence-corrected chi connectivity index (χ0v) is 12.3. The smallest absolute Gasteiger partial charge is 0.244 e. The maximum absolute atomic E-state index is 13.0. The Balaban J connectivity index is 1.80. The SMILES string of the molecule is CCCC1NC2(CCCC2)C(=O)N1C1CCN(C)C1. The zero-order valence-electron chi connectivity index (χ0n) is 12.3. The van der Waals surface area contributed by atoms with Crippen molar-refractivity contribution in [3.05, 3.63) is 0 Å². The molecule has 1 saturated carbocycles. The standard InChI is InChI=1S/C15H27N3O/c1-3-6-13-16-15(8-4-5-9-15)14(19)18(13)12-7-10-17(2)11-12/h12-13,16H,3-11H2,1-2H3. The Morgan fingerprint density at radius 3 is 2.68 bits per heavy atom. The molecular weight excluding hydrogens is 238 g/mol. The average molecular weight is 265 g/mol. The van der Waals surface area contributed by atoms with E-state index >= 15 is 0 Å². The van der Waals surface area contributed by atoms with E-state index < -0.39 is 0 Å². The predicted octanol–water partition coefficient (Wildman–Crippen LogP) is 1.56. The first-order valence-corrected chi connectivity index (χ1v) is 7.95. The van der Waals surface area contributed by atoms with Crippen LogP contribution in [-0.4, -0.2) is 53.6 Å². The summed E-state index contributed by atoms with van der Waals surface area (Å²) in [6.07, 6.45) is 8.16. The van der Waals surface area contributed by atoms with E-state index in [0.29, 0.717) is 11.9 Å². The van der Waals surface area contributed by atoms with Crippen LogP contribution in [0.15, 0.2) is 0 Å². The lowest BCUT2D eigenvalue weighted by Gasteiger charge is -2.30. The molecule has 1 N–H and O–H groups in total. The maximum atomic E-state index is 13.0. The first-order valence-electron chi connectivity index (χ1n) is 7.95. The van der Waals surface area contributed by atoms with Gasteiger partial charge >= 0.3 is 0 Å². The molecule has 2 saturated heterocycles. The summed E-state index contributed by atoms with van der Waals surface area (Å²) in [4.78, 5) is 17.5. The number of rotatable bonds is 3. The summed E-state index contributed by atoms with van der Waals surface area (Å²) in [6.45, 7) is 4.38. The van der Waals surface area contributed by atoms with E-state index in [2.05, 4.69) is 29.1 Å². The lowest BCUT2D eigenvalue weighted by molar-refractivity contribution is -0.135. The van der Waals surface area contributed by atoms with Crippen LogP contribution in [0.25, 0.3) is 0 Å². The minimum absolute atomic E-state index is 0.193. The molecular formula is C15H27N3O. The number of carbonyl (C=O) groups is 1. The van der Waals surface area contributed by atoms with Gasteiger partial charge in [0, 0.05) is 12.6 Å². The van der Waals surface area contributed by atoms with Gasteiger partial charge in [-0.05, 0) is 39.3 Å². The van der Waals surface area contributed by atoms with Gasteiger partial charge in [-0.3, -0.25) is 10.1 Å². The topological polar surface area (TPSA) is 35.6 Å². The normalized spacial score (nSPS) is 34.8. The van der Waals surface area contributed by atoms with Crippen molar-refractivity contribution < 1.29 is 4.79 Å². The van der Waals surface area contributed by atoms with E-state index in [4.69, 9.17) is 0 Å². The summed E-state index contributed by atoms with van der Waals surface area (Å²) in [5.74, 6) is 0.406. The third kappa shape index (κ3) is 2.19. The lowest BCUT2D eigenvalue weighted by Crippen LogP contribution is -2.46. The van der Waals surface area contributed by atoms with Crippen molar-refractivity contribution in [3.63, 3.8) is 0 Å². The van der Waals surface area contributed by atoms with E-state index in [-0.39, 0.29) is 11.7 Å². The Morgan fingerprint density at radius 1 is 1.37 bits per heavy atom. The van der Waals surface area contributed by atoms with Crippen LogP contribution in [0.3, 0.4) is 0 Å². The summed E-state index contributed by atoms with van der Waals surface area (Å²) in [6, 6.07) is 0.432. The molecule has 2 heterocycles. The van der Waals surface area contributed by atoms with E-state index in [1.165, 1.54) is 12.8 Å². The summed E-state index contributed by atoms with van der Waals surface area (Å²) in [7, 11) is 2.16. The van der Waals surface area contributed by atoms with Crippen LogP contribution in [0.1, 0.15) is 51.9 Å². The van der Waals surface area contributed by atoms with Crippen LogP contribution in [0.2, 0.25) is 0 Å². The molecule has 108 valence electrons. The molecule has 0 aromatic carbocycles. The van der Waals surface area contributed by atoms with Crippen LogP contribution in [0, 0.1) is 0 Å². The first kappa shape index (κ1) is 13.4. The molecule has 1 aliphatic carbocycles. The maximum Gasteiger partial charge on any atom is 0.244 e. The van der Waals surface area contributed by atoms with E-state index in [9.17, 15) is 4.79 Å². The molecule has 0 radical (unpaired) electrons. The molecule has 3 fully saturated rings. The molecule has 0 aromatic heterocycles. The molecule has 2 atom stereocenters. The zero-order chi connectivity index (χ0) is 13.5. The van der Waals surface area contributed by atoms with Crippen molar-refractivity contribution in [1.29, 1.82) is 0 Å². The average Bonchev–Trinajstić information content (AvgIpc) is 3.05. The highest BCUT2D eigenvalue weighted by molar-refractivity contribution is 5.89. The van der Waals surface area contributed by atoms with Gasteiger partial charge in [-0.25, -0.2) is 0 Å². The molecule has 0 aromatic rings. The molecule has 2 aliphatic heterocycles. The number of hydrogen-bond donors (Lipinski definition) is 1. The third-order valence-corrected chi connectivity index (χ3v) is 5.20. The number of likely N-dealkylation sites (N-methyl/N-ethyl adjacent to an activating group) is 1. The third-order valence-electron chi connectivity index (χ3n) is 5.20. The number of nitrogens with one attached hydrogen (secondary N) is 1. The van der Waals surface area contributed by atoms with Crippen molar-refractivity contribution in [2.75, 3.05) is 20.1 Å². The van der Waals surface area contributed by atoms with Crippen molar-refractivity contribution in [3.8, 4) is 0 Å². The van der Waals surface area contributed by atoms with Gasteiger partial charge in [-0.15, -0.1) is 0 Å². The predicted molar refractivity (Wildman–Crippen MR) is 75.8 cm³/mol. The van der Waals surface area contributed by atoms with Crippen LogP contribution in [0.5, 0.6) is 0 Å². The number of nitrogens with zero attached hydrogens (tertiary/aromatic N) is 2. The number of amides is 1. The largest absolute Gasteiger partial charge is 0.321 e. The van der Waals surface area contributed by atoms with Crippen LogP contribution >= 0.6 is 0 Å².